The molecule has 2 rings (SSSR count). The minimum atomic E-state index is -0.903. The van der Waals surface area contributed by atoms with Crippen molar-refractivity contribution in [3.8, 4) is 11.5 Å². The molecule has 0 spiro atoms. The Bertz CT molecular complexity index is 602. The molecule has 20 heavy (non-hydrogen) atoms. The van der Waals surface area contributed by atoms with Crippen molar-refractivity contribution in [2.45, 2.75) is 12.5 Å². The van der Waals surface area contributed by atoms with Crippen LogP contribution in [0, 0.1) is 11.6 Å². The molecule has 0 aliphatic rings. The molecule has 106 valence electrons. The first-order valence-electron chi connectivity index (χ1n) is 5.94. The van der Waals surface area contributed by atoms with Gasteiger partial charge in [-0.05, 0) is 23.8 Å². The van der Waals surface area contributed by atoms with Crippen molar-refractivity contribution in [1.29, 1.82) is 0 Å². The SMILES string of the molecule is COc1ccc(CCl)cc1OCc1cccc(F)c1F. The minimum absolute atomic E-state index is 0.0916. The van der Waals surface area contributed by atoms with Crippen LogP contribution in [0.2, 0.25) is 0 Å². The Morgan fingerprint density at radius 3 is 2.60 bits per heavy atom. The first-order valence-corrected chi connectivity index (χ1v) is 6.47. The smallest absolute Gasteiger partial charge is 0.165 e. The normalized spacial score (nSPS) is 10.4. The number of ether oxygens (including phenoxy) is 2. The third-order valence-electron chi connectivity index (χ3n) is 2.80. The van der Waals surface area contributed by atoms with Gasteiger partial charge in [-0.1, -0.05) is 18.2 Å². The predicted molar refractivity (Wildman–Crippen MR) is 73.2 cm³/mol. The van der Waals surface area contributed by atoms with Crippen molar-refractivity contribution in [2.24, 2.45) is 0 Å². The maximum Gasteiger partial charge on any atom is 0.165 e. The molecule has 0 unspecified atom stereocenters. The van der Waals surface area contributed by atoms with Gasteiger partial charge in [-0.3, -0.25) is 0 Å². The largest absolute Gasteiger partial charge is 0.493 e. The summed E-state index contributed by atoms with van der Waals surface area (Å²) in [4.78, 5) is 0. The van der Waals surface area contributed by atoms with E-state index in [-0.39, 0.29) is 12.2 Å². The molecule has 0 heterocycles. The zero-order valence-corrected chi connectivity index (χ0v) is 11.6. The Kier molecular flexibility index (Phi) is 4.79. The molecular formula is C15H13ClF2O2. The Morgan fingerprint density at radius 2 is 1.90 bits per heavy atom. The standard InChI is InChI=1S/C15H13ClF2O2/c1-19-13-6-5-10(8-16)7-14(13)20-9-11-3-2-4-12(17)15(11)18/h2-7H,8-9H2,1H3. The van der Waals surface area contributed by atoms with Gasteiger partial charge in [0.15, 0.2) is 23.1 Å². The van der Waals surface area contributed by atoms with E-state index in [1.54, 1.807) is 12.1 Å². The van der Waals surface area contributed by atoms with Crippen molar-refractivity contribution in [3.05, 3.63) is 59.2 Å². The van der Waals surface area contributed by atoms with E-state index in [2.05, 4.69) is 0 Å². The van der Waals surface area contributed by atoms with Gasteiger partial charge in [0.25, 0.3) is 0 Å². The fourth-order valence-corrected chi connectivity index (χ4v) is 1.90. The molecule has 0 aromatic heterocycles. The molecule has 0 saturated heterocycles. The van der Waals surface area contributed by atoms with Crippen molar-refractivity contribution in [1.82, 2.24) is 0 Å². The van der Waals surface area contributed by atoms with Gasteiger partial charge in [-0.25, -0.2) is 8.78 Å². The van der Waals surface area contributed by atoms with Crippen molar-refractivity contribution < 1.29 is 18.3 Å². The van der Waals surface area contributed by atoms with Crippen LogP contribution in [0.4, 0.5) is 8.78 Å². The van der Waals surface area contributed by atoms with Crippen LogP contribution < -0.4 is 9.47 Å². The van der Waals surface area contributed by atoms with Gasteiger partial charge < -0.3 is 9.47 Å². The molecule has 0 saturated carbocycles. The summed E-state index contributed by atoms with van der Waals surface area (Å²) in [6.07, 6.45) is 0. The van der Waals surface area contributed by atoms with Crippen LogP contribution in [0.3, 0.4) is 0 Å². The molecule has 2 aromatic carbocycles. The fraction of sp³-hybridized carbons (Fsp3) is 0.200. The van der Waals surface area contributed by atoms with Crippen LogP contribution in [0.15, 0.2) is 36.4 Å². The summed E-state index contributed by atoms with van der Waals surface area (Å²) in [7, 11) is 1.51. The molecule has 0 atom stereocenters. The fourth-order valence-electron chi connectivity index (χ4n) is 1.73. The zero-order valence-electron chi connectivity index (χ0n) is 10.8. The molecule has 0 aliphatic carbocycles. The van der Waals surface area contributed by atoms with Gasteiger partial charge in [0.2, 0.25) is 0 Å². The van der Waals surface area contributed by atoms with Gasteiger partial charge >= 0.3 is 0 Å². The van der Waals surface area contributed by atoms with Gasteiger partial charge in [-0.15, -0.1) is 11.6 Å². The van der Waals surface area contributed by atoms with Crippen LogP contribution in [0.25, 0.3) is 0 Å². The number of alkyl halides is 1. The first kappa shape index (κ1) is 14.6. The highest BCUT2D eigenvalue weighted by molar-refractivity contribution is 6.17. The maximum atomic E-state index is 13.5. The quantitative estimate of drug-likeness (QED) is 0.767. The van der Waals surface area contributed by atoms with Gasteiger partial charge in [0.1, 0.15) is 6.61 Å². The lowest BCUT2D eigenvalue weighted by Gasteiger charge is -2.12. The van der Waals surface area contributed by atoms with Crippen molar-refractivity contribution in [2.75, 3.05) is 7.11 Å². The van der Waals surface area contributed by atoms with E-state index in [4.69, 9.17) is 21.1 Å². The highest BCUT2D eigenvalue weighted by Gasteiger charge is 2.10. The highest BCUT2D eigenvalue weighted by atomic mass is 35.5. The van der Waals surface area contributed by atoms with Crippen LogP contribution >= 0.6 is 11.6 Å². The number of hydrogen-bond acceptors (Lipinski definition) is 2. The Hall–Kier alpha value is -1.81. The number of hydrogen-bond donors (Lipinski definition) is 0. The maximum absolute atomic E-state index is 13.5. The number of benzene rings is 2. The third-order valence-corrected chi connectivity index (χ3v) is 3.11. The van der Waals surface area contributed by atoms with E-state index in [9.17, 15) is 8.78 Å². The molecule has 0 bridgehead atoms. The summed E-state index contributed by atoms with van der Waals surface area (Å²) < 4.78 is 37.3. The number of methoxy groups -OCH3 is 1. The lowest BCUT2D eigenvalue weighted by atomic mass is 10.2. The summed E-state index contributed by atoms with van der Waals surface area (Å²) in [6.45, 7) is -0.0916. The van der Waals surface area contributed by atoms with Crippen LogP contribution in [0.1, 0.15) is 11.1 Å². The topological polar surface area (TPSA) is 18.5 Å². The summed E-state index contributed by atoms with van der Waals surface area (Å²) in [5, 5.41) is 0. The van der Waals surface area contributed by atoms with Gasteiger partial charge in [0, 0.05) is 11.4 Å². The average Bonchev–Trinajstić information content (AvgIpc) is 2.48. The third kappa shape index (κ3) is 3.20. The summed E-state index contributed by atoms with van der Waals surface area (Å²) in [5.74, 6) is -0.521. The monoisotopic (exact) mass is 298 g/mol. The van der Waals surface area contributed by atoms with E-state index < -0.39 is 11.6 Å². The van der Waals surface area contributed by atoms with Crippen LogP contribution in [-0.2, 0) is 12.5 Å². The van der Waals surface area contributed by atoms with E-state index in [0.29, 0.717) is 17.4 Å². The van der Waals surface area contributed by atoms with Crippen LogP contribution in [-0.4, -0.2) is 7.11 Å². The average molecular weight is 299 g/mol. The lowest BCUT2D eigenvalue weighted by Crippen LogP contribution is -2.02. The molecule has 0 radical (unpaired) electrons. The molecule has 5 heteroatoms. The Labute approximate surface area is 120 Å². The summed E-state index contributed by atoms with van der Waals surface area (Å²) in [6, 6.07) is 9.20. The van der Waals surface area contributed by atoms with Crippen molar-refractivity contribution in [3.63, 3.8) is 0 Å². The number of rotatable bonds is 5. The zero-order chi connectivity index (χ0) is 14.5. The van der Waals surface area contributed by atoms with E-state index in [1.807, 2.05) is 6.07 Å². The Morgan fingerprint density at radius 1 is 1.10 bits per heavy atom. The molecule has 2 nitrogen and oxygen atoms in total. The second-order valence-electron chi connectivity index (χ2n) is 4.12. The lowest BCUT2D eigenvalue weighted by molar-refractivity contribution is 0.277. The second kappa shape index (κ2) is 6.57. The molecule has 0 fully saturated rings. The minimum Gasteiger partial charge on any atom is -0.493 e. The molecule has 0 aliphatic heterocycles. The predicted octanol–water partition coefficient (Wildman–Crippen LogP) is 4.29. The molecule has 0 N–H and O–H groups in total. The van der Waals surface area contributed by atoms with E-state index in [0.717, 1.165) is 11.6 Å². The molecule has 2 aromatic rings. The Balaban J connectivity index is 2.19. The second-order valence-corrected chi connectivity index (χ2v) is 4.39. The summed E-state index contributed by atoms with van der Waals surface area (Å²) in [5.41, 5.74) is 0.991. The van der Waals surface area contributed by atoms with Gasteiger partial charge in [0.05, 0.1) is 7.11 Å². The van der Waals surface area contributed by atoms with Gasteiger partial charge in [-0.2, -0.15) is 0 Å². The van der Waals surface area contributed by atoms with E-state index in [1.165, 1.54) is 19.2 Å². The van der Waals surface area contributed by atoms with Crippen LogP contribution in [0.5, 0.6) is 11.5 Å². The number of halogens is 3. The van der Waals surface area contributed by atoms with E-state index >= 15 is 0 Å². The molecule has 0 amide bonds. The van der Waals surface area contributed by atoms with Crippen molar-refractivity contribution >= 4 is 11.6 Å². The highest BCUT2D eigenvalue weighted by Crippen LogP contribution is 2.29. The first-order chi connectivity index (χ1) is 9.65. The molecular weight excluding hydrogens is 286 g/mol. The summed E-state index contributed by atoms with van der Waals surface area (Å²) >= 11 is 5.75.